The van der Waals surface area contributed by atoms with E-state index in [2.05, 4.69) is 9.98 Å². The zero-order chi connectivity index (χ0) is 17.6. The third-order valence-corrected chi connectivity index (χ3v) is 3.72. The molecular weight excluding hydrogens is 343 g/mol. The lowest BCUT2D eigenvalue weighted by molar-refractivity contribution is -0.130. The number of carbonyl (C=O) groups is 1. The fourth-order valence-electron chi connectivity index (χ4n) is 1.90. The van der Waals surface area contributed by atoms with Crippen LogP contribution in [0.25, 0.3) is 0 Å². The van der Waals surface area contributed by atoms with Gasteiger partial charge >= 0.3 is 0 Å². The third kappa shape index (κ3) is 4.03. The minimum Gasteiger partial charge on any atom is -0.328 e. The number of carbonyl (C=O) groups excluding carboxylic acids is 1. The Labute approximate surface area is 141 Å². The average molecular weight is 358 g/mol. The molecule has 0 aliphatic rings. The van der Waals surface area contributed by atoms with E-state index in [1.807, 2.05) is 0 Å². The van der Waals surface area contributed by atoms with Gasteiger partial charge in [-0.1, -0.05) is 23.7 Å². The van der Waals surface area contributed by atoms with E-state index in [9.17, 15) is 18.0 Å². The lowest BCUT2D eigenvalue weighted by Crippen LogP contribution is -2.38. The summed E-state index contributed by atoms with van der Waals surface area (Å²) in [7, 11) is 0. The molecule has 4 nitrogen and oxygen atoms in total. The summed E-state index contributed by atoms with van der Waals surface area (Å²) < 4.78 is 40.5. The molecule has 0 aromatic carbocycles. The predicted octanol–water partition coefficient (Wildman–Crippen LogP) is 2.91. The largest absolute Gasteiger partial charge is 0.328 e. The minimum atomic E-state index is -2.37. The second-order valence-corrected chi connectivity index (χ2v) is 5.66. The topological polar surface area (TPSA) is 47.2 Å². The van der Waals surface area contributed by atoms with Crippen LogP contribution in [0.2, 0.25) is 5.15 Å². The van der Waals surface area contributed by atoms with E-state index in [1.165, 1.54) is 6.07 Å². The maximum absolute atomic E-state index is 13.0. The van der Waals surface area contributed by atoms with Crippen LogP contribution in [0.1, 0.15) is 5.56 Å². The second-order valence-electron chi connectivity index (χ2n) is 5.27. The zero-order valence-corrected chi connectivity index (χ0v) is 13.4. The Hall–Kier alpha value is -2.15. The van der Waals surface area contributed by atoms with Gasteiger partial charge in [0.25, 0.3) is 5.91 Å². The third-order valence-electron chi connectivity index (χ3n) is 3.50. The van der Waals surface area contributed by atoms with Crippen LogP contribution in [-0.2, 0) is 11.3 Å². The van der Waals surface area contributed by atoms with Crippen LogP contribution in [0.4, 0.5) is 13.2 Å². The standard InChI is InChI=1S/C16H15ClF3N3O/c17-13-5-4-12(7-21-13)8-23-6-2-1-3-14(23)22-15(24)16(9-18,10-19)11-20/h1-7H,8-11H2. The smallest absolute Gasteiger partial charge is 0.261 e. The summed E-state index contributed by atoms with van der Waals surface area (Å²) in [6.07, 6.45) is 3.20. The number of aromatic nitrogens is 2. The molecule has 2 aromatic heterocycles. The predicted molar refractivity (Wildman–Crippen MR) is 83.7 cm³/mol. The molecule has 0 N–H and O–H groups in total. The normalized spacial score (nSPS) is 12.4. The maximum atomic E-state index is 13.0. The van der Waals surface area contributed by atoms with Crippen molar-refractivity contribution in [3.05, 3.63) is 58.9 Å². The van der Waals surface area contributed by atoms with E-state index in [0.717, 1.165) is 5.56 Å². The second kappa shape index (κ2) is 8.10. The van der Waals surface area contributed by atoms with Crippen LogP contribution in [0, 0.1) is 5.41 Å². The molecular formula is C16H15ClF3N3O. The van der Waals surface area contributed by atoms with Gasteiger partial charge in [0, 0.05) is 12.4 Å². The van der Waals surface area contributed by atoms with Crippen LogP contribution >= 0.6 is 11.6 Å². The summed E-state index contributed by atoms with van der Waals surface area (Å²) in [6, 6.07) is 8.18. The van der Waals surface area contributed by atoms with Crippen molar-refractivity contribution in [2.24, 2.45) is 10.4 Å². The molecule has 2 heterocycles. The molecule has 128 valence electrons. The van der Waals surface area contributed by atoms with Crippen molar-refractivity contribution in [1.29, 1.82) is 0 Å². The van der Waals surface area contributed by atoms with Gasteiger partial charge in [-0.2, -0.15) is 4.99 Å². The number of hydrogen-bond acceptors (Lipinski definition) is 2. The molecule has 0 fully saturated rings. The van der Waals surface area contributed by atoms with Gasteiger partial charge in [-0.25, -0.2) is 18.2 Å². The molecule has 0 aliphatic carbocycles. The van der Waals surface area contributed by atoms with E-state index in [1.54, 1.807) is 41.2 Å². The Balaban J connectivity index is 2.37. The maximum Gasteiger partial charge on any atom is 0.261 e. The molecule has 0 spiro atoms. The first-order valence-electron chi connectivity index (χ1n) is 7.07. The van der Waals surface area contributed by atoms with Crippen LogP contribution < -0.4 is 5.49 Å². The van der Waals surface area contributed by atoms with Gasteiger partial charge in [0.15, 0.2) is 0 Å². The highest BCUT2D eigenvalue weighted by molar-refractivity contribution is 6.29. The molecule has 0 saturated carbocycles. The molecule has 0 atom stereocenters. The van der Waals surface area contributed by atoms with Gasteiger partial charge < -0.3 is 4.57 Å². The molecule has 2 aromatic rings. The highest BCUT2D eigenvalue weighted by atomic mass is 35.5. The molecule has 0 saturated heterocycles. The van der Waals surface area contributed by atoms with Gasteiger partial charge in [0.05, 0.1) is 6.54 Å². The van der Waals surface area contributed by atoms with E-state index >= 15 is 0 Å². The van der Waals surface area contributed by atoms with Crippen molar-refractivity contribution in [1.82, 2.24) is 9.55 Å². The zero-order valence-electron chi connectivity index (χ0n) is 12.6. The van der Waals surface area contributed by atoms with Crippen LogP contribution in [0.3, 0.4) is 0 Å². The van der Waals surface area contributed by atoms with Crippen molar-refractivity contribution >= 4 is 17.5 Å². The number of halogens is 4. The van der Waals surface area contributed by atoms with Gasteiger partial charge in [-0.3, -0.25) is 4.79 Å². The summed E-state index contributed by atoms with van der Waals surface area (Å²) in [6.45, 7) is -4.03. The summed E-state index contributed by atoms with van der Waals surface area (Å²) in [4.78, 5) is 19.7. The Bertz CT molecular complexity index is 749. The van der Waals surface area contributed by atoms with Crippen molar-refractivity contribution in [2.75, 3.05) is 20.0 Å². The molecule has 0 aliphatic heterocycles. The summed E-state index contributed by atoms with van der Waals surface area (Å²) in [5.74, 6) is -1.16. The van der Waals surface area contributed by atoms with Crippen molar-refractivity contribution < 1.29 is 18.0 Å². The Morgan fingerprint density at radius 1 is 1.17 bits per heavy atom. The van der Waals surface area contributed by atoms with Gasteiger partial charge in [-0.05, 0) is 23.8 Å². The Kier molecular flexibility index (Phi) is 6.14. The minimum absolute atomic E-state index is 0.164. The molecule has 1 amide bonds. The fourth-order valence-corrected chi connectivity index (χ4v) is 2.01. The van der Waals surface area contributed by atoms with E-state index in [4.69, 9.17) is 11.6 Å². The van der Waals surface area contributed by atoms with Gasteiger partial charge in [0.1, 0.15) is 36.1 Å². The first-order valence-corrected chi connectivity index (χ1v) is 7.45. The Morgan fingerprint density at radius 3 is 2.46 bits per heavy atom. The lowest BCUT2D eigenvalue weighted by atomic mass is 9.92. The van der Waals surface area contributed by atoms with E-state index < -0.39 is 31.3 Å². The molecule has 24 heavy (non-hydrogen) atoms. The number of hydrogen-bond donors (Lipinski definition) is 0. The van der Waals surface area contributed by atoms with Crippen molar-refractivity contribution in [2.45, 2.75) is 6.54 Å². The molecule has 2 rings (SSSR count). The lowest BCUT2D eigenvalue weighted by Gasteiger charge is -2.19. The fraction of sp³-hybridized carbons (Fsp3) is 0.312. The van der Waals surface area contributed by atoms with Crippen molar-refractivity contribution in [3.63, 3.8) is 0 Å². The molecule has 8 heteroatoms. The number of rotatable bonds is 6. The SMILES string of the molecule is O=C(N=c1ccccn1Cc1ccc(Cl)nc1)C(CF)(CF)CF. The summed E-state index contributed by atoms with van der Waals surface area (Å²) >= 11 is 5.73. The van der Waals surface area contributed by atoms with Gasteiger partial charge in [-0.15, -0.1) is 0 Å². The number of amides is 1. The van der Waals surface area contributed by atoms with Crippen LogP contribution in [-0.4, -0.2) is 35.5 Å². The quantitative estimate of drug-likeness (QED) is 0.746. The number of pyridine rings is 2. The Morgan fingerprint density at radius 2 is 1.88 bits per heavy atom. The molecule has 0 radical (unpaired) electrons. The molecule has 0 unspecified atom stereocenters. The molecule has 0 bridgehead atoms. The number of nitrogens with zero attached hydrogens (tertiary/aromatic N) is 3. The van der Waals surface area contributed by atoms with E-state index in [0.29, 0.717) is 11.7 Å². The highest BCUT2D eigenvalue weighted by Gasteiger charge is 2.39. The first kappa shape index (κ1) is 18.2. The van der Waals surface area contributed by atoms with Crippen LogP contribution in [0.15, 0.2) is 47.7 Å². The van der Waals surface area contributed by atoms with Gasteiger partial charge in [0.2, 0.25) is 0 Å². The first-order chi connectivity index (χ1) is 11.5. The summed E-state index contributed by atoms with van der Waals surface area (Å²) in [5.41, 5.74) is -1.42. The van der Waals surface area contributed by atoms with E-state index in [-0.39, 0.29) is 5.49 Å². The van der Waals surface area contributed by atoms with Crippen LogP contribution in [0.5, 0.6) is 0 Å². The van der Waals surface area contributed by atoms with Crippen molar-refractivity contribution in [3.8, 4) is 0 Å². The summed E-state index contributed by atoms with van der Waals surface area (Å²) in [5, 5.41) is 0.343. The highest BCUT2D eigenvalue weighted by Crippen LogP contribution is 2.21. The number of alkyl halides is 3. The monoisotopic (exact) mass is 357 g/mol. The average Bonchev–Trinajstić information content (AvgIpc) is 2.61.